The number of benzene rings is 2. The molecule has 1 aliphatic rings. The third-order valence-electron chi connectivity index (χ3n) is 5.70. The predicted octanol–water partition coefficient (Wildman–Crippen LogP) is 1.43. The summed E-state index contributed by atoms with van der Waals surface area (Å²) in [6, 6.07) is 20.8. The first-order valence-corrected chi connectivity index (χ1v) is 10.2. The van der Waals surface area contributed by atoms with E-state index in [1.165, 1.54) is 5.56 Å². The second-order valence-corrected chi connectivity index (χ2v) is 8.10. The highest BCUT2D eigenvalue weighted by Gasteiger charge is 2.40. The summed E-state index contributed by atoms with van der Waals surface area (Å²) in [5.41, 5.74) is 1.34. The van der Waals surface area contributed by atoms with Gasteiger partial charge in [-0.3, -0.25) is 4.90 Å². The van der Waals surface area contributed by atoms with Gasteiger partial charge in [-0.1, -0.05) is 74.5 Å². The van der Waals surface area contributed by atoms with Gasteiger partial charge in [-0.2, -0.15) is 0 Å². The van der Waals surface area contributed by atoms with Crippen LogP contribution in [0.4, 0.5) is 0 Å². The molecule has 3 nitrogen and oxygen atoms in total. The number of hydrogen-bond acceptors (Lipinski definition) is 3. The summed E-state index contributed by atoms with van der Waals surface area (Å²) in [6.45, 7) is 8.71. The molecule has 2 aromatic carbocycles. The van der Waals surface area contributed by atoms with Crippen molar-refractivity contribution in [3.05, 3.63) is 71.8 Å². The Morgan fingerprint density at radius 1 is 0.964 bits per heavy atom. The molecular weight excluding hydrogens is 370 g/mol. The van der Waals surface area contributed by atoms with Crippen LogP contribution >= 0.6 is 0 Å². The number of rotatable bonds is 8. The Hall–Kier alpha value is -1.39. The molecule has 1 saturated heterocycles. The van der Waals surface area contributed by atoms with Crippen molar-refractivity contribution >= 4 is 0 Å². The number of morpholine rings is 1. The molecule has 2 atom stereocenters. The molecule has 0 saturated carbocycles. The Labute approximate surface area is 176 Å². The SMILES string of the molecule is CC(C)CCC(O)(c1ccccc1)C(CN1CCOCC1)c1ccccc1.[Cl-]. The zero-order chi connectivity index (χ0) is 19.1. The highest BCUT2D eigenvalue weighted by atomic mass is 35.5. The molecule has 0 amide bonds. The minimum Gasteiger partial charge on any atom is -1.00 e. The fourth-order valence-electron chi connectivity index (χ4n) is 4.01. The molecule has 28 heavy (non-hydrogen) atoms. The Bertz CT molecular complexity index is 674. The van der Waals surface area contributed by atoms with E-state index in [0.29, 0.717) is 5.92 Å². The van der Waals surface area contributed by atoms with E-state index >= 15 is 0 Å². The first-order chi connectivity index (χ1) is 13.1. The zero-order valence-electron chi connectivity index (χ0n) is 17.1. The summed E-state index contributed by atoms with van der Waals surface area (Å²) in [5, 5.41) is 12.1. The van der Waals surface area contributed by atoms with E-state index in [9.17, 15) is 5.11 Å². The maximum Gasteiger partial charge on any atom is 0.0977 e. The molecule has 3 rings (SSSR count). The quantitative estimate of drug-likeness (QED) is 0.725. The molecule has 0 aromatic heterocycles. The smallest absolute Gasteiger partial charge is 0.0977 e. The van der Waals surface area contributed by atoms with Gasteiger partial charge in [0.25, 0.3) is 0 Å². The molecular formula is C24H33ClNO2-. The van der Waals surface area contributed by atoms with E-state index < -0.39 is 5.60 Å². The molecule has 2 unspecified atom stereocenters. The van der Waals surface area contributed by atoms with Gasteiger partial charge in [-0.15, -0.1) is 0 Å². The van der Waals surface area contributed by atoms with Crippen LogP contribution in [0, 0.1) is 5.92 Å². The van der Waals surface area contributed by atoms with E-state index in [-0.39, 0.29) is 18.3 Å². The van der Waals surface area contributed by atoms with Crippen molar-refractivity contribution in [1.82, 2.24) is 4.90 Å². The average molecular weight is 403 g/mol. The Kier molecular flexibility index (Phi) is 8.97. The van der Waals surface area contributed by atoms with Crippen molar-refractivity contribution in [3.63, 3.8) is 0 Å². The lowest BCUT2D eigenvalue weighted by atomic mass is 9.73. The van der Waals surface area contributed by atoms with E-state index in [1.807, 2.05) is 24.3 Å². The lowest BCUT2D eigenvalue weighted by Crippen LogP contribution is -3.00. The number of nitrogens with zero attached hydrogens (tertiary/aromatic N) is 1. The third kappa shape index (κ3) is 5.81. The molecule has 154 valence electrons. The molecule has 1 N–H and O–H groups in total. The van der Waals surface area contributed by atoms with Gasteiger partial charge in [0.05, 0.1) is 18.8 Å². The molecule has 4 heteroatoms. The summed E-state index contributed by atoms with van der Waals surface area (Å²) in [4.78, 5) is 2.43. The van der Waals surface area contributed by atoms with E-state index in [1.54, 1.807) is 0 Å². The standard InChI is InChI=1S/C24H33NO2.ClH/c1-20(2)13-14-24(26,22-11-7-4-8-12-22)23(21-9-5-3-6-10-21)19-25-15-17-27-18-16-25;/h3-12,20,23,26H,13-19H2,1-2H3;1H/p-1. The Morgan fingerprint density at radius 3 is 2.11 bits per heavy atom. The number of hydrogen-bond donors (Lipinski definition) is 1. The van der Waals surface area contributed by atoms with Gasteiger partial charge in [0.15, 0.2) is 0 Å². The molecule has 1 heterocycles. The lowest BCUT2D eigenvalue weighted by molar-refractivity contribution is -0.0311. The van der Waals surface area contributed by atoms with Crippen molar-refractivity contribution in [1.29, 1.82) is 0 Å². The second kappa shape index (κ2) is 11.0. The monoisotopic (exact) mass is 402 g/mol. The van der Waals surface area contributed by atoms with Gasteiger partial charge in [0.2, 0.25) is 0 Å². The summed E-state index contributed by atoms with van der Waals surface area (Å²) in [7, 11) is 0. The average Bonchev–Trinajstić information content (AvgIpc) is 2.72. The van der Waals surface area contributed by atoms with Gasteiger partial charge in [-0.05, 0) is 29.9 Å². The van der Waals surface area contributed by atoms with Crippen molar-refractivity contribution in [2.45, 2.75) is 38.2 Å². The van der Waals surface area contributed by atoms with E-state index in [0.717, 1.165) is 51.3 Å². The summed E-state index contributed by atoms with van der Waals surface area (Å²) in [6.07, 6.45) is 1.76. The fourth-order valence-corrected chi connectivity index (χ4v) is 4.01. The van der Waals surface area contributed by atoms with Crippen LogP contribution in [0.5, 0.6) is 0 Å². The van der Waals surface area contributed by atoms with E-state index in [4.69, 9.17) is 4.74 Å². The van der Waals surface area contributed by atoms with Crippen LogP contribution < -0.4 is 12.4 Å². The van der Waals surface area contributed by atoms with Crippen LogP contribution in [0.2, 0.25) is 0 Å². The van der Waals surface area contributed by atoms with Crippen LogP contribution in [-0.2, 0) is 10.3 Å². The summed E-state index contributed by atoms with van der Waals surface area (Å²) >= 11 is 0. The first-order valence-electron chi connectivity index (χ1n) is 10.2. The fraction of sp³-hybridized carbons (Fsp3) is 0.500. The maximum atomic E-state index is 12.1. The van der Waals surface area contributed by atoms with Crippen LogP contribution in [0.25, 0.3) is 0 Å². The largest absolute Gasteiger partial charge is 1.00 e. The highest BCUT2D eigenvalue weighted by Crippen LogP contribution is 2.42. The van der Waals surface area contributed by atoms with Gasteiger partial charge in [-0.25, -0.2) is 0 Å². The Balaban J connectivity index is 0.00000280. The first kappa shape index (κ1) is 22.9. The van der Waals surface area contributed by atoms with Crippen molar-refractivity contribution in [3.8, 4) is 0 Å². The lowest BCUT2D eigenvalue weighted by Gasteiger charge is -2.41. The third-order valence-corrected chi connectivity index (χ3v) is 5.70. The van der Waals surface area contributed by atoms with Gasteiger partial charge >= 0.3 is 0 Å². The minimum absolute atomic E-state index is 0. The van der Waals surface area contributed by atoms with Gasteiger partial charge < -0.3 is 22.3 Å². The predicted molar refractivity (Wildman–Crippen MR) is 111 cm³/mol. The van der Waals surface area contributed by atoms with Crippen LogP contribution in [-0.4, -0.2) is 42.9 Å². The summed E-state index contributed by atoms with van der Waals surface area (Å²) in [5.74, 6) is 0.581. The van der Waals surface area contributed by atoms with Crippen LogP contribution in [0.1, 0.15) is 43.7 Å². The maximum absolute atomic E-state index is 12.1. The van der Waals surface area contributed by atoms with Gasteiger partial charge in [0, 0.05) is 25.6 Å². The summed E-state index contributed by atoms with van der Waals surface area (Å²) < 4.78 is 5.53. The number of halogens is 1. The molecule has 1 fully saturated rings. The second-order valence-electron chi connectivity index (χ2n) is 8.10. The van der Waals surface area contributed by atoms with Crippen LogP contribution in [0.3, 0.4) is 0 Å². The van der Waals surface area contributed by atoms with E-state index in [2.05, 4.69) is 55.1 Å². The molecule has 1 aliphatic heterocycles. The van der Waals surface area contributed by atoms with Crippen molar-refractivity contribution < 1.29 is 22.3 Å². The zero-order valence-corrected chi connectivity index (χ0v) is 17.8. The normalized spacial score (nSPS) is 18.3. The Morgan fingerprint density at radius 2 is 1.54 bits per heavy atom. The minimum atomic E-state index is -0.884. The van der Waals surface area contributed by atoms with Crippen molar-refractivity contribution in [2.75, 3.05) is 32.8 Å². The molecule has 0 spiro atoms. The molecule has 0 bridgehead atoms. The topological polar surface area (TPSA) is 32.7 Å². The molecule has 2 aromatic rings. The van der Waals surface area contributed by atoms with Crippen molar-refractivity contribution in [2.24, 2.45) is 5.92 Å². The molecule has 0 aliphatic carbocycles. The van der Waals surface area contributed by atoms with Gasteiger partial charge in [0.1, 0.15) is 0 Å². The molecule has 0 radical (unpaired) electrons. The highest BCUT2D eigenvalue weighted by molar-refractivity contribution is 5.32. The van der Waals surface area contributed by atoms with Crippen LogP contribution in [0.15, 0.2) is 60.7 Å². The number of ether oxygens (including phenoxy) is 1. The number of aliphatic hydroxyl groups is 1.